The van der Waals surface area contributed by atoms with Gasteiger partial charge in [0, 0.05) is 0 Å². The lowest BCUT2D eigenvalue weighted by molar-refractivity contribution is -0.144. The molecule has 0 bridgehead atoms. The minimum Gasteiger partial charge on any atom is -0.493 e. The summed E-state index contributed by atoms with van der Waals surface area (Å²) in [5.41, 5.74) is -30.2. The number of hydrogen-bond donors (Lipinski definition) is 0. The number of benzene rings is 7. The van der Waals surface area contributed by atoms with Gasteiger partial charge in [-0.2, -0.15) is 127 Å². The third kappa shape index (κ3) is 18.8. The molecule has 0 radical (unpaired) electrons. The van der Waals surface area contributed by atoms with E-state index in [1.165, 1.54) is 41.6 Å². The number of ether oxygens (including phenoxy) is 1. The van der Waals surface area contributed by atoms with Crippen molar-refractivity contribution in [3.63, 3.8) is 0 Å². The van der Waals surface area contributed by atoms with E-state index in [4.69, 9.17) is 27.9 Å². The highest BCUT2D eigenvalue weighted by Crippen LogP contribution is 2.64. The minimum absolute atomic E-state index is 0.194. The van der Waals surface area contributed by atoms with Crippen LogP contribution in [0.3, 0.4) is 0 Å². The summed E-state index contributed by atoms with van der Waals surface area (Å²) in [6.45, 7) is 4.46. The van der Waals surface area contributed by atoms with Crippen molar-refractivity contribution in [3.05, 3.63) is 202 Å². The van der Waals surface area contributed by atoms with E-state index < -0.39 is 200 Å². The number of hydrogen-bond acceptors (Lipinski definition) is 1. The zero-order valence-corrected chi connectivity index (χ0v) is 49.7. The fraction of sp³-hybridized carbons (Fsp3) is 0.276. The van der Waals surface area contributed by atoms with Crippen LogP contribution in [0, 0.1) is 0 Å². The Morgan fingerprint density at radius 1 is 0.352 bits per heavy atom. The van der Waals surface area contributed by atoms with Crippen LogP contribution in [-0.2, 0) is 49.4 Å². The number of rotatable bonds is 11. The van der Waals surface area contributed by atoms with Crippen LogP contribution in [0.4, 0.5) is 105 Å². The molecule has 7 aromatic rings. The number of para-hydroxylation sites is 1. The predicted molar refractivity (Wildman–Crippen MR) is 302 cm³/mol. The monoisotopic (exact) mass is 1450 g/mol. The van der Waals surface area contributed by atoms with Crippen molar-refractivity contribution in [2.24, 2.45) is 0 Å². The maximum Gasteiger partial charge on any atom is 0.416 e. The van der Waals surface area contributed by atoms with Crippen molar-refractivity contribution in [2.45, 2.75) is 88.9 Å². The normalized spacial score (nSPS) is 12.9. The van der Waals surface area contributed by atoms with Crippen LogP contribution in [0.15, 0.2) is 158 Å². The molecule has 480 valence electrons. The highest BCUT2D eigenvalue weighted by molar-refractivity contribution is 14.2. The van der Waals surface area contributed by atoms with Gasteiger partial charge in [0.05, 0.1) is 57.0 Å². The fourth-order valence-electron chi connectivity index (χ4n) is 9.15. The Morgan fingerprint density at radius 3 is 0.750 bits per heavy atom. The van der Waals surface area contributed by atoms with Gasteiger partial charge in [0.1, 0.15) is 16.8 Å². The van der Waals surface area contributed by atoms with E-state index in [0.29, 0.717) is 0 Å². The van der Waals surface area contributed by atoms with Crippen molar-refractivity contribution in [1.82, 2.24) is 0 Å². The topological polar surface area (TPSA) is 9.23 Å². The van der Waals surface area contributed by atoms with E-state index >= 15 is 0 Å². The third-order valence-electron chi connectivity index (χ3n) is 13.0. The lowest BCUT2D eigenvalue weighted by Crippen LogP contribution is -2.75. The lowest BCUT2D eigenvalue weighted by Gasteiger charge is -2.46. The molecule has 0 aliphatic carbocycles. The average molecular weight is 1450 g/mol. The lowest BCUT2D eigenvalue weighted by atomic mass is 9.12. The Balaban J connectivity index is 0.000000434. The zero-order chi connectivity index (χ0) is 66.9. The first-order valence-electron chi connectivity index (χ1n) is 25.2. The molecule has 30 heteroatoms. The van der Waals surface area contributed by atoms with Crippen LogP contribution in [0.2, 0.25) is 0 Å². The van der Waals surface area contributed by atoms with E-state index in [1.807, 2.05) is 6.07 Å². The third-order valence-corrected chi connectivity index (χ3v) is 21.0. The van der Waals surface area contributed by atoms with Gasteiger partial charge >= 0.3 is 49.4 Å². The zero-order valence-electron chi connectivity index (χ0n) is 45.2. The highest BCUT2D eigenvalue weighted by Gasteiger charge is 2.49. The maximum absolute atomic E-state index is 14.2. The van der Waals surface area contributed by atoms with E-state index in [2.05, 4.69) is 115 Å². The molecule has 1 nitrogen and oxygen atoms in total. The Kier molecular flexibility index (Phi) is 24.8. The smallest absolute Gasteiger partial charge is 0.416 e. The van der Waals surface area contributed by atoms with Crippen molar-refractivity contribution in [2.75, 3.05) is 12.4 Å². The molecule has 0 aromatic heterocycles. The molecule has 7 rings (SSSR count). The average Bonchev–Trinajstić information content (AvgIpc) is 0.715. The van der Waals surface area contributed by atoms with Gasteiger partial charge < -0.3 is 4.74 Å². The summed E-state index contributed by atoms with van der Waals surface area (Å²) < 4.78 is 346. The molecule has 88 heavy (non-hydrogen) atoms. The largest absolute Gasteiger partial charge is 0.493 e. The van der Waals surface area contributed by atoms with E-state index in [0.717, 1.165) is 5.75 Å². The van der Waals surface area contributed by atoms with Gasteiger partial charge in [-0.1, -0.05) is 137 Å². The Labute approximate surface area is 511 Å². The second-order valence-electron chi connectivity index (χ2n) is 19.0. The van der Waals surface area contributed by atoms with Gasteiger partial charge in [0.25, 0.3) is 0 Å². The molecule has 0 unspecified atom stereocenters. The Hall–Kier alpha value is -5.54. The van der Waals surface area contributed by atoms with Crippen LogP contribution >= 0.6 is 50.1 Å². The molecular weight excluding hydrogens is 1410 g/mol. The molecule has 0 heterocycles. The molecule has 7 aromatic carbocycles. The molecule has 0 N–H and O–H groups in total. The first-order valence-corrected chi connectivity index (χ1v) is 30.8. The second kappa shape index (κ2) is 29.2. The van der Waals surface area contributed by atoms with Gasteiger partial charge in [-0.05, 0) is 60.7 Å². The van der Waals surface area contributed by atoms with Crippen molar-refractivity contribution < 1.29 is 110 Å². The molecule has 0 spiro atoms. The van der Waals surface area contributed by atoms with Crippen molar-refractivity contribution >= 4 is 94.1 Å². The number of methoxy groups -OCH3 is 1. The highest BCUT2D eigenvalue weighted by atomic mass is 127. The Bertz CT molecular complexity index is 2910. The van der Waals surface area contributed by atoms with Gasteiger partial charge in [-0.3, -0.25) is 0 Å². The van der Waals surface area contributed by atoms with Crippen LogP contribution in [0.25, 0.3) is 0 Å². The van der Waals surface area contributed by atoms with Crippen molar-refractivity contribution in [3.8, 4) is 5.75 Å². The number of halogens is 27. The van der Waals surface area contributed by atoms with E-state index in [-0.39, 0.29) is 5.34 Å². The molecule has 0 aliphatic heterocycles. The summed E-state index contributed by atoms with van der Waals surface area (Å²) in [6.07, 6.45) is -49.3. The predicted octanol–water partition coefficient (Wildman–Crippen LogP) is 19.6. The molecule has 0 fully saturated rings. The summed E-state index contributed by atoms with van der Waals surface area (Å²) in [5.74, 6) is 0.956. The van der Waals surface area contributed by atoms with Gasteiger partial charge in [0.15, 0.2) is 38.0 Å². The molecular formula is C58H45BCl2F24IOP. The molecule has 0 saturated heterocycles. The summed E-state index contributed by atoms with van der Waals surface area (Å²) in [6, 6.07) is 21.0. The summed E-state index contributed by atoms with van der Waals surface area (Å²) >= 11 is 12.2. The van der Waals surface area contributed by atoms with Gasteiger partial charge in [-0.25, -0.2) is 0 Å². The summed E-state index contributed by atoms with van der Waals surface area (Å²) in [7, 11) is 1.75. The fourth-order valence-corrected chi connectivity index (χ4v) is 15.1. The Morgan fingerprint density at radius 2 is 0.557 bits per heavy atom. The standard InChI is InChI=1S/C32H12BF24.C19H17IOP.C6H14.CH2Cl2/c34-25(35,36)13-1-14(26(37,38)39)6-21(5-13)33(22-7-15(27(40,41)42)2-16(8-22)28(43,44)45,23-9-17(29(46,47)48)3-18(10-23)30(49,50)51)24-11-19(31(52,53)54)4-20(12-24)32(55,56)57;1-21-18-14-8-9-15-19(18)22(20,16-10-4-2-5-11-16)17-12-6-3-7-13-17;1-3-5-6-4-2;2-1-3/h1-12H;2-15H,1H3;3-6H2,1-2H3;1H2/q-1;+1;;. The first kappa shape index (κ1) is 74.9. The maximum atomic E-state index is 14.2. The van der Waals surface area contributed by atoms with Crippen LogP contribution in [-0.4, -0.2) is 18.6 Å². The molecule has 0 aliphatic rings. The van der Waals surface area contributed by atoms with Crippen molar-refractivity contribution in [1.29, 1.82) is 0 Å². The van der Waals surface area contributed by atoms with Gasteiger partial charge in [-0.15, -0.1) is 23.2 Å². The van der Waals surface area contributed by atoms with Gasteiger partial charge in [0.2, 0.25) is 0 Å². The number of unbranched alkanes of at least 4 members (excludes halogenated alkanes) is 3. The molecule has 0 amide bonds. The van der Waals surface area contributed by atoms with Crippen LogP contribution in [0.1, 0.15) is 84.0 Å². The number of alkyl halides is 26. The molecule has 0 atom stereocenters. The SMILES string of the molecule is CCCCCC.COc1ccccc1[P+](I)(c1ccccc1)c1ccccc1.ClCCl.FC(F)(F)c1cc([B-](c2cc(C(F)(F)F)cc(C(F)(F)F)c2)(c2cc(C(F)(F)F)cc(C(F)(F)F)c2)c2cc(C(F)(F)F)cc(C(F)(F)F)c2)cc(C(F)(F)F)c1. The minimum atomic E-state index is -6.13. The first-order chi connectivity index (χ1) is 40.4. The summed E-state index contributed by atoms with van der Waals surface area (Å²) in [4.78, 5) is -1.74. The molecule has 0 saturated carbocycles. The summed E-state index contributed by atoms with van der Waals surface area (Å²) in [5, 5.41) is 4.17. The van der Waals surface area contributed by atoms with Crippen LogP contribution in [0.5, 0.6) is 5.75 Å². The van der Waals surface area contributed by atoms with Crippen LogP contribution < -0.4 is 42.5 Å². The quantitative estimate of drug-likeness (QED) is 0.0313. The van der Waals surface area contributed by atoms with E-state index in [9.17, 15) is 105 Å². The van der Waals surface area contributed by atoms with E-state index in [1.54, 1.807) is 7.11 Å². The second-order valence-corrected chi connectivity index (χ2v) is 26.8.